The number of carbonyl (C=O) groups is 1. The van der Waals surface area contributed by atoms with Gasteiger partial charge < -0.3 is 4.74 Å². The zero-order chi connectivity index (χ0) is 14.4. The highest BCUT2D eigenvalue weighted by atomic mass is 35.5. The highest BCUT2D eigenvalue weighted by molar-refractivity contribution is 7.97. The molecule has 0 atom stereocenters. The zero-order valence-corrected chi connectivity index (χ0v) is 12.5. The van der Waals surface area contributed by atoms with Crippen molar-refractivity contribution in [2.24, 2.45) is 0 Å². The largest absolute Gasteiger partial charge is 0.465 e. The molecule has 0 saturated carbocycles. The van der Waals surface area contributed by atoms with Crippen LogP contribution in [0.5, 0.6) is 0 Å². The van der Waals surface area contributed by atoms with Crippen LogP contribution in [0.2, 0.25) is 5.02 Å². The van der Waals surface area contributed by atoms with Gasteiger partial charge in [-0.15, -0.1) is 0 Å². The molecule has 0 amide bonds. The fourth-order valence-electron chi connectivity index (χ4n) is 1.58. The fraction of sp³-hybridized carbons (Fsp3) is 0.133. The molecule has 2 aromatic carbocycles. The Hall–Kier alpha value is -1.49. The lowest BCUT2D eigenvalue weighted by atomic mass is 10.1. The minimum Gasteiger partial charge on any atom is -0.465 e. The van der Waals surface area contributed by atoms with Crippen molar-refractivity contribution in [1.82, 2.24) is 4.72 Å². The standard InChI is InChI=1S/C15H14ClNO2S/c1-19-15(18)12-4-2-11(3-5-12)10-17-20-14-8-6-13(16)7-9-14/h2-9,17H,10H2,1H3. The fourth-order valence-corrected chi connectivity index (χ4v) is 2.39. The minimum absolute atomic E-state index is 0.319. The number of carbonyl (C=O) groups excluding carboxylic acids is 1. The van der Waals surface area contributed by atoms with Gasteiger partial charge in [-0.2, -0.15) is 0 Å². The van der Waals surface area contributed by atoms with Gasteiger partial charge in [0.1, 0.15) is 0 Å². The molecule has 2 rings (SSSR count). The van der Waals surface area contributed by atoms with Gasteiger partial charge in [0.15, 0.2) is 0 Å². The van der Waals surface area contributed by atoms with Crippen LogP contribution in [0.15, 0.2) is 53.4 Å². The molecule has 0 radical (unpaired) electrons. The van der Waals surface area contributed by atoms with Crippen LogP contribution in [0.3, 0.4) is 0 Å². The van der Waals surface area contributed by atoms with Crippen molar-refractivity contribution >= 4 is 29.5 Å². The lowest BCUT2D eigenvalue weighted by Gasteiger charge is -2.05. The van der Waals surface area contributed by atoms with Gasteiger partial charge in [0.2, 0.25) is 0 Å². The number of ether oxygens (including phenoxy) is 1. The van der Waals surface area contributed by atoms with Gasteiger partial charge in [0.05, 0.1) is 12.7 Å². The van der Waals surface area contributed by atoms with E-state index < -0.39 is 0 Å². The summed E-state index contributed by atoms with van der Waals surface area (Å²) in [5.74, 6) is -0.319. The van der Waals surface area contributed by atoms with Gasteiger partial charge in [0.25, 0.3) is 0 Å². The molecule has 0 bridgehead atoms. The molecule has 0 aliphatic rings. The van der Waals surface area contributed by atoms with E-state index in [9.17, 15) is 4.79 Å². The molecule has 0 aliphatic carbocycles. The quantitative estimate of drug-likeness (QED) is 0.671. The van der Waals surface area contributed by atoms with E-state index in [2.05, 4.69) is 9.46 Å². The predicted octanol–water partition coefficient (Wildman–Crippen LogP) is 3.92. The summed E-state index contributed by atoms with van der Waals surface area (Å²) < 4.78 is 7.91. The first kappa shape index (κ1) is 14.9. The summed E-state index contributed by atoms with van der Waals surface area (Å²) in [6.07, 6.45) is 0. The van der Waals surface area contributed by atoms with E-state index in [4.69, 9.17) is 11.6 Å². The lowest BCUT2D eigenvalue weighted by molar-refractivity contribution is 0.0600. The number of esters is 1. The second-order valence-electron chi connectivity index (χ2n) is 4.07. The van der Waals surface area contributed by atoms with Gasteiger partial charge in [-0.1, -0.05) is 23.7 Å². The molecular weight excluding hydrogens is 294 g/mol. The van der Waals surface area contributed by atoms with E-state index in [0.29, 0.717) is 12.1 Å². The van der Waals surface area contributed by atoms with E-state index in [1.807, 2.05) is 36.4 Å². The van der Waals surface area contributed by atoms with Gasteiger partial charge in [-0.3, -0.25) is 4.72 Å². The predicted molar refractivity (Wildman–Crippen MR) is 81.9 cm³/mol. The Morgan fingerprint density at radius 3 is 2.40 bits per heavy atom. The highest BCUT2D eigenvalue weighted by Gasteiger charge is 2.04. The van der Waals surface area contributed by atoms with Gasteiger partial charge in [-0.25, -0.2) is 4.79 Å². The van der Waals surface area contributed by atoms with Gasteiger partial charge in [0, 0.05) is 16.5 Å². The van der Waals surface area contributed by atoms with Crippen molar-refractivity contribution in [2.45, 2.75) is 11.4 Å². The number of benzene rings is 2. The Morgan fingerprint density at radius 1 is 1.15 bits per heavy atom. The van der Waals surface area contributed by atoms with Crippen LogP contribution < -0.4 is 4.72 Å². The molecule has 0 aliphatic heterocycles. The third-order valence-electron chi connectivity index (χ3n) is 2.65. The molecule has 0 heterocycles. The first-order chi connectivity index (χ1) is 9.69. The van der Waals surface area contributed by atoms with Gasteiger partial charge >= 0.3 is 5.97 Å². The van der Waals surface area contributed by atoms with Crippen LogP contribution in [0.1, 0.15) is 15.9 Å². The van der Waals surface area contributed by atoms with Crippen LogP contribution in [0, 0.1) is 0 Å². The summed E-state index contributed by atoms with van der Waals surface area (Å²) in [6, 6.07) is 15.0. The first-order valence-electron chi connectivity index (χ1n) is 6.01. The van der Waals surface area contributed by atoms with Crippen LogP contribution in [0.25, 0.3) is 0 Å². The normalized spacial score (nSPS) is 10.3. The lowest BCUT2D eigenvalue weighted by Crippen LogP contribution is -2.04. The van der Waals surface area contributed by atoms with E-state index in [1.54, 1.807) is 12.1 Å². The Kier molecular flexibility index (Phi) is 5.47. The van der Waals surface area contributed by atoms with Crippen molar-refractivity contribution in [1.29, 1.82) is 0 Å². The van der Waals surface area contributed by atoms with Crippen LogP contribution >= 0.6 is 23.5 Å². The molecule has 104 valence electrons. The van der Waals surface area contributed by atoms with Crippen molar-refractivity contribution in [3.05, 3.63) is 64.7 Å². The molecule has 0 saturated heterocycles. The van der Waals surface area contributed by atoms with Crippen LogP contribution in [-0.4, -0.2) is 13.1 Å². The maximum absolute atomic E-state index is 11.3. The summed E-state index contributed by atoms with van der Waals surface area (Å²) in [6.45, 7) is 0.703. The summed E-state index contributed by atoms with van der Waals surface area (Å²) >= 11 is 7.37. The summed E-state index contributed by atoms with van der Waals surface area (Å²) in [7, 11) is 1.38. The number of rotatable bonds is 5. The topological polar surface area (TPSA) is 38.3 Å². The van der Waals surface area contributed by atoms with E-state index in [1.165, 1.54) is 19.1 Å². The molecule has 1 N–H and O–H groups in total. The summed E-state index contributed by atoms with van der Waals surface area (Å²) in [5.41, 5.74) is 1.65. The molecule has 5 heteroatoms. The average molecular weight is 308 g/mol. The second kappa shape index (κ2) is 7.33. The van der Waals surface area contributed by atoms with E-state index in [-0.39, 0.29) is 5.97 Å². The number of nitrogens with one attached hydrogen (secondary N) is 1. The molecule has 0 aromatic heterocycles. The number of hydrogen-bond acceptors (Lipinski definition) is 4. The highest BCUT2D eigenvalue weighted by Crippen LogP contribution is 2.18. The number of methoxy groups -OCH3 is 1. The summed E-state index contributed by atoms with van der Waals surface area (Å²) in [5, 5.41) is 0.729. The minimum atomic E-state index is -0.319. The summed E-state index contributed by atoms with van der Waals surface area (Å²) in [4.78, 5) is 12.4. The third-order valence-corrected chi connectivity index (χ3v) is 3.70. The maximum Gasteiger partial charge on any atom is 0.337 e. The SMILES string of the molecule is COC(=O)c1ccc(CNSc2ccc(Cl)cc2)cc1. The smallest absolute Gasteiger partial charge is 0.337 e. The molecule has 0 fully saturated rings. The molecule has 3 nitrogen and oxygen atoms in total. The average Bonchev–Trinajstić information content (AvgIpc) is 2.49. The van der Waals surface area contributed by atoms with E-state index >= 15 is 0 Å². The molecule has 0 spiro atoms. The Labute approximate surface area is 127 Å². The Morgan fingerprint density at radius 2 is 1.80 bits per heavy atom. The van der Waals surface area contributed by atoms with E-state index in [0.717, 1.165) is 15.5 Å². The maximum atomic E-state index is 11.3. The zero-order valence-electron chi connectivity index (χ0n) is 10.9. The van der Waals surface area contributed by atoms with Crippen molar-refractivity contribution < 1.29 is 9.53 Å². The Balaban J connectivity index is 1.85. The van der Waals surface area contributed by atoms with Crippen LogP contribution in [-0.2, 0) is 11.3 Å². The molecular formula is C15H14ClNO2S. The van der Waals surface area contributed by atoms with Crippen molar-refractivity contribution in [2.75, 3.05) is 7.11 Å². The van der Waals surface area contributed by atoms with Crippen molar-refractivity contribution in [3.8, 4) is 0 Å². The Bertz CT molecular complexity index is 569. The molecule has 0 unspecified atom stereocenters. The molecule has 2 aromatic rings. The van der Waals surface area contributed by atoms with Gasteiger partial charge in [-0.05, 0) is 53.9 Å². The third kappa shape index (κ3) is 4.27. The number of halogens is 1. The number of hydrogen-bond donors (Lipinski definition) is 1. The van der Waals surface area contributed by atoms with Crippen molar-refractivity contribution in [3.63, 3.8) is 0 Å². The van der Waals surface area contributed by atoms with Crippen LogP contribution in [0.4, 0.5) is 0 Å². The second-order valence-corrected chi connectivity index (χ2v) is 5.47. The monoisotopic (exact) mass is 307 g/mol. The molecule has 20 heavy (non-hydrogen) atoms. The first-order valence-corrected chi connectivity index (χ1v) is 7.21.